The average Bonchev–Trinajstić information content (AvgIpc) is 2.47. The van der Waals surface area contributed by atoms with Crippen LogP contribution in [-0.2, 0) is 6.18 Å². The summed E-state index contributed by atoms with van der Waals surface area (Å²) >= 11 is 1.01. The second-order valence-electron chi connectivity index (χ2n) is 2.60. The number of hydrogen-bond acceptors (Lipinski definition) is 5. The zero-order chi connectivity index (χ0) is 11.5. The molecule has 0 aliphatic rings. The van der Waals surface area contributed by atoms with Crippen molar-refractivity contribution in [2.75, 3.05) is 18.2 Å². The van der Waals surface area contributed by atoms with Crippen LogP contribution < -0.4 is 5.84 Å². The number of aliphatic hydroxyl groups excluding tert-OH is 1. The fourth-order valence-corrected chi connectivity index (χ4v) is 1.58. The number of thioether (sulfide) groups is 1. The first kappa shape index (κ1) is 12.1. The molecule has 0 amide bonds. The standard InChI is InChI=1S/C6H9F3N4OS/c7-6(8,9)4-11-12-5(13(4)10)15-3-1-2-14/h14H,1-3,10H2. The van der Waals surface area contributed by atoms with E-state index in [2.05, 4.69) is 10.2 Å². The molecular formula is C6H9F3N4OS. The lowest BCUT2D eigenvalue weighted by molar-refractivity contribution is -0.146. The van der Waals surface area contributed by atoms with Crippen molar-refractivity contribution in [3.8, 4) is 0 Å². The SMILES string of the molecule is Nn1c(SCCCO)nnc1C(F)(F)F. The maximum Gasteiger partial charge on any atom is 0.453 e. The van der Waals surface area contributed by atoms with Crippen LogP contribution in [0.2, 0.25) is 0 Å². The predicted molar refractivity (Wildman–Crippen MR) is 47.6 cm³/mol. The first-order valence-corrected chi connectivity index (χ1v) is 4.96. The number of nitrogen functional groups attached to an aromatic ring is 1. The van der Waals surface area contributed by atoms with Crippen molar-refractivity contribution in [1.82, 2.24) is 14.9 Å². The Morgan fingerprint density at radius 2 is 2.07 bits per heavy atom. The molecule has 0 atom stereocenters. The van der Waals surface area contributed by atoms with Crippen LogP contribution in [-0.4, -0.2) is 32.3 Å². The minimum Gasteiger partial charge on any atom is -0.396 e. The van der Waals surface area contributed by atoms with Crippen molar-refractivity contribution in [3.05, 3.63) is 5.82 Å². The Balaban J connectivity index is 2.72. The highest BCUT2D eigenvalue weighted by molar-refractivity contribution is 7.99. The van der Waals surface area contributed by atoms with Gasteiger partial charge in [-0.2, -0.15) is 13.2 Å². The number of rotatable bonds is 4. The van der Waals surface area contributed by atoms with Gasteiger partial charge in [0.15, 0.2) is 0 Å². The Labute approximate surface area is 87.4 Å². The molecule has 0 radical (unpaired) electrons. The number of hydrogen-bond donors (Lipinski definition) is 2. The van der Waals surface area contributed by atoms with Crippen molar-refractivity contribution in [2.45, 2.75) is 17.8 Å². The van der Waals surface area contributed by atoms with Gasteiger partial charge in [0.25, 0.3) is 5.82 Å². The van der Waals surface area contributed by atoms with Crippen LogP contribution >= 0.6 is 11.8 Å². The van der Waals surface area contributed by atoms with Gasteiger partial charge in [-0.1, -0.05) is 11.8 Å². The third kappa shape index (κ3) is 2.99. The highest BCUT2D eigenvalue weighted by atomic mass is 32.2. The normalized spacial score (nSPS) is 12.0. The molecule has 0 spiro atoms. The Kier molecular flexibility index (Phi) is 3.80. The van der Waals surface area contributed by atoms with E-state index in [-0.39, 0.29) is 11.8 Å². The van der Waals surface area contributed by atoms with E-state index in [1.165, 1.54) is 0 Å². The molecule has 5 nitrogen and oxygen atoms in total. The molecule has 0 saturated heterocycles. The van der Waals surface area contributed by atoms with E-state index in [0.717, 1.165) is 11.8 Å². The molecule has 0 aliphatic heterocycles. The monoisotopic (exact) mass is 242 g/mol. The van der Waals surface area contributed by atoms with Crippen LogP contribution in [0.4, 0.5) is 13.2 Å². The molecule has 0 bridgehead atoms. The van der Waals surface area contributed by atoms with Crippen LogP contribution in [0.1, 0.15) is 12.2 Å². The van der Waals surface area contributed by atoms with Crippen LogP contribution in [0.15, 0.2) is 5.16 Å². The first-order chi connectivity index (χ1) is 6.96. The maximum atomic E-state index is 12.2. The van der Waals surface area contributed by atoms with E-state index >= 15 is 0 Å². The summed E-state index contributed by atoms with van der Waals surface area (Å²) in [6.45, 7) is -0.0299. The van der Waals surface area contributed by atoms with Gasteiger partial charge in [-0.05, 0) is 6.42 Å². The van der Waals surface area contributed by atoms with E-state index in [9.17, 15) is 13.2 Å². The van der Waals surface area contributed by atoms with Gasteiger partial charge in [0, 0.05) is 12.4 Å². The van der Waals surface area contributed by atoms with Crippen molar-refractivity contribution in [2.24, 2.45) is 0 Å². The Bertz CT molecular complexity index is 327. The molecule has 1 heterocycles. The largest absolute Gasteiger partial charge is 0.453 e. The summed E-state index contributed by atoms with van der Waals surface area (Å²) < 4.78 is 37.0. The van der Waals surface area contributed by atoms with Gasteiger partial charge in [-0.15, -0.1) is 10.2 Å². The molecular weight excluding hydrogens is 233 g/mol. The number of alkyl halides is 3. The summed E-state index contributed by atoms with van der Waals surface area (Å²) in [5.41, 5.74) is 0. The minimum absolute atomic E-state index is 0.0178. The third-order valence-corrected chi connectivity index (χ3v) is 2.48. The molecule has 0 aromatic carbocycles. The molecule has 1 rings (SSSR count). The fraction of sp³-hybridized carbons (Fsp3) is 0.667. The third-order valence-electron chi connectivity index (χ3n) is 1.45. The van der Waals surface area contributed by atoms with Gasteiger partial charge in [0.1, 0.15) is 0 Å². The second-order valence-corrected chi connectivity index (χ2v) is 3.66. The molecule has 0 unspecified atom stereocenters. The number of halogens is 3. The number of nitrogens with zero attached hydrogens (tertiary/aromatic N) is 3. The smallest absolute Gasteiger partial charge is 0.396 e. The molecule has 0 aliphatic carbocycles. The zero-order valence-electron chi connectivity index (χ0n) is 7.53. The molecule has 0 fully saturated rings. The summed E-state index contributed by atoms with van der Waals surface area (Å²) in [6.07, 6.45) is -4.14. The van der Waals surface area contributed by atoms with Crippen LogP contribution in [0.5, 0.6) is 0 Å². The molecule has 1 aromatic heterocycles. The summed E-state index contributed by atoms with van der Waals surface area (Å²) in [5.74, 6) is 4.37. The van der Waals surface area contributed by atoms with Gasteiger partial charge in [0.2, 0.25) is 5.16 Å². The first-order valence-electron chi connectivity index (χ1n) is 3.98. The average molecular weight is 242 g/mol. The quantitative estimate of drug-likeness (QED) is 0.456. The minimum atomic E-state index is -4.60. The second kappa shape index (κ2) is 4.71. The van der Waals surface area contributed by atoms with E-state index in [0.29, 0.717) is 16.8 Å². The molecule has 1 aromatic rings. The van der Waals surface area contributed by atoms with Gasteiger partial charge in [-0.3, -0.25) is 0 Å². The maximum absolute atomic E-state index is 12.2. The van der Waals surface area contributed by atoms with Crippen molar-refractivity contribution >= 4 is 11.8 Å². The lowest BCUT2D eigenvalue weighted by Gasteiger charge is -2.05. The summed E-state index contributed by atoms with van der Waals surface area (Å²) in [4.78, 5) is 0. The Morgan fingerprint density at radius 1 is 1.40 bits per heavy atom. The highest BCUT2D eigenvalue weighted by Gasteiger charge is 2.38. The fourth-order valence-electron chi connectivity index (χ4n) is 0.797. The van der Waals surface area contributed by atoms with Crippen LogP contribution in [0.3, 0.4) is 0 Å². The van der Waals surface area contributed by atoms with Crippen LogP contribution in [0.25, 0.3) is 0 Å². The van der Waals surface area contributed by atoms with Crippen molar-refractivity contribution < 1.29 is 18.3 Å². The lowest BCUT2D eigenvalue weighted by atomic mass is 10.5. The van der Waals surface area contributed by atoms with Gasteiger partial charge in [0.05, 0.1) is 0 Å². The van der Waals surface area contributed by atoms with E-state index in [1.807, 2.05) is 0 Å². The van der Waals surface area contributed by atoms with Gasteiger partial charge in [-0.25, -0.2) is 4.68 Å². The number of aliphatic hydroxyl groups is 1. The molecule has 9 heteroatoms. The van der Waals surface area contributed by atoms with Gasteiger partial charge < -0.3 is 10.9 Å². The number of aromatic nitrogens is 3. The van der Waals surface area contributed by atoms with E-state index in [1.54, 1.807) is 0 Å². The Hall–Kier alpha value is -0.960. The van der Waals surface area contributed by atoms with Crippen LogP contribution in [0, 0.1) is 0 Å². The highest BCUT2D eigenvalue weighted by Crippen LogP contribution is 2.28. The zero-order valence-corrected chi connectivity index (χ0v) is 8.35. The number of nitrogens with two attached hydrogens (primary N) is 1. The topological polar surface area (TPSA) is 77.0 Å². The molecule has 3 N–H and O–H groups in total. The molecule has 0 saturated carbocycles. The van der Waals surface area contributed by atoms with E-state index in [4.69, 9.17) is 10.9 Å². The summed E-state index contributed by atoms with van der Waals surface area (Å²) in [7, 11) is 0. The summed E-state index contributed by atoms with van der Waals surface area (Å²) in [6, 6.07) is 0. The molecule has 15 heavy (non-hydrogen) atoms. The van der Waals surface area contributed by atoms with Gasteiger partial charge >= 0.3 is 6.18 Å². The lowest BCUT2D eigenvalue weighted by Crippen LogP contribution is -2.21. The van der Waals surface area contributed by atoms with Crippen molar-refractivity contribution in [3.63, 3.8) is 0 Å². The van der Waals surface area contributed by atoms with E-state index < -0.39 is 12.0 Å². The predicted octanol–water partition coefficient (Wildman–Crippen LogP) is 0.485. The molecule has 86 valence electrons. The Morgan fingerprint density at radius 3 is 2.53 bits per heavy atom. The summed E-state index contributed by atoms with van der Waals surface area (Å²) in [5, 5.41) is 14.7. The van der Waals surface area contributed by atoms with Crippen molar-refractivity contribution in [1.29, 1.82) is 0 Å².